The zero-order valence-electron chi connectivity index (χ0n) is 14.9. The van der Waals surface area contributed by atoms with E-state index in [0.29, 0.717) is 30.1 Å². The van der Waals surface area contributed by atoms with Gasteiger partial charge >= 0.3 is 0 Å². The molecule has 1 aliphatic rings. The van der Waals surface area contributed by atoms with Crippen LogP contribution in [0.3, 0.4) is 0 Å². The summed E-state index contributed by atoms with van der Waals surface area (Å²) in [5.74, 6) is 0.0124. The van der Waals surface area contributed by atoms with Crippen molar-refractivity contribution in [1.82, 2.24) is 4.90 Å². The number of nitrogens with zero attached hydrogens (tertiary/aromatic N) is 1. The number of hydrogen-bond acceptors (Lipinski definition) is 3. The third kappa shape index (κ3) is 4.12. The van der Waals surface area contributed by atoms with E-state index in [0.717, 1.165) is 24.7 Å². The predicted octanol–water partition coefficient (Wildman–Crippen LogP) is 3.24. The zero-order valence-corrected chi connectivity index (χ0v) is 15.7. The van der Waals surface area contributed by atoms with E-state index in [1.165, 1.54) is 12.1 Å². The van der Waals surface area contributed by atoms with E-state index in [9.17, 15) is 17.6 Å². The average Bonchev–Trinajstić information content (AvgIpc) is 3.05. The van der Waals surface area contributed by atoms with E-state index in [1.807, 2.05) is 6.07 Å². The summed E-state index contributed by atoms with van der Waals surface area (Å²) in [4.78, 5) is 14.6. The Morgan fingerprint density at radius 2 is 1.88 bits per heavy atom. The fraction of sp³-hybridized carbons (Fsp3) is 0.350. The van der Waals surface area contributed by atoms with Gasteiger partial charge < -0.3 is 4.90 Å². The minimum Gasteiger partial charge on any atom is -0.338 e. The van der Waals surface area contributed by atoms with Crippen molar-refractivity contribution in [2.45, 2.75) is 24.7 Å². The molecule has 0 N–H and O–H groups in total. The highest BCUT2D eigenvalue weighted by Gasteiger charge is 2.27. The van der Waals surface area contributed by atoms with Crippen LogP contribution in [-0.2, 0) is 16.3 Å². The van der Waals surface area contributed by atoms with E-state index in [-0.39, 0.29) is 16.6 Å². The van der Waals surface area contributed by atoms with Gasteiger partial charge in [0.15, 0.2) is 9.84 Å². The second-order valence-electron chi connectivity index (χ2n) is 6.99. The highest BCUT2D eigenvalue weighted by atomic mass is 32.2. The first kappa shape index (κ1) is 18.6. The fourth-order valence-electron chi connectivity index (χ4n) is 3.31. The predicted molar refractivity (Wildman–Crippen MR) is 98.4 cm³/mol. The van der Waals surface area contributed by atoms with Crippen LogP contribution in [-0.4, -0.2) is 38.6 Å². The van der Waals surface area contributed by atoms with Crippen LogP contribution >= 0.6 is 0 Å². The Kier molecular flexibility index (Phi) is 5.14. The summed E-state index contributed by atoms with van der Waals surface area (Å²) < 4.78 is 36.7. The molecule has 1 amide bonds. The number of rotatable bonds is 4. The van der Waals surface area contributed by atoms with Gasteiger partial charge in [-0.05, 0) is 67.1 Å². The molecule has 2 aromatic rings. The number of aryl methyl sites for hydroxylation is 1. The molecule has 138 valence electrons. The first-order chi connectivity index (χ1) is 12.2. The van der Waals surface area contributed by atoms with Gasteiger partial charge in [0, 0.05) is 24.9 Å². The van der Waals surface area contributed by atoms with Crippen LogP contribution in [0, 0.1) is 18.7 Å². The third-order valence-electron chi connectivity index (χ3n) is 4.86. The molecule has 0 spiro atoms. The van der Waals surface area contributed by atoms with Crippen molar-refractivity contribution < 1.29 is 17.6 Å². The minimum absolute atomic E-state index is 0.0948. The van der Waals surface area contributed by atoms with Gasteiger partial charge in [-0.25, -0.2) is 12.8 Å². The van der Waals surface area contributed by atoms with Crippen LogP contribution in [0.25, 0.3) is 0 Å². The summed E-state index contributed by atoms with van der Waals surface area (Å²) in [6.45, 7) is 3.03. The smallest absolute Gasteiger partial charge is 0.253 e. The first-order valence-corrected chi connectivity index (χ1v) is 10.5. The highest BCUT2D eigenvalue weighted by molar-refractivity contribution is 7.90. The molecule has 0 saturated carbocycles. The van der Waals surface area contributed by atoms with Crippen molar-refractivity contribution in [2.24, 2.45) is 5.92 Å². The Hall–Kier alpha value is -2.21. The average molecular weight is 375 g/mol. The number of likely N-dealkylation sites (tertiary alicyclic amines) is 1. The number of halogens is 1. The molecule has 2 aromatic carbocycles. The minimum atomic E-state index is -3.27. The molecule has 1 aliphatic heterocycles. The molecule has 3 rings (SSSR count). The third-order valence-corrected chi connectivity index (χ3v) is 5.99. The molecule has 0 bridgehead atoms. The largest absolute Gasteiger partial charge is 0.338 e. The molecular formula is C20H22FNO3S. The molecular weight excluding hydrogens is 353 g/mol. The summed E-state index contributed by atoms with van der Waals surface area (Å²) in [7, 11) is -3.27. The van der Waals surface area contributed by atoms with Crippen LogP contribution in [0.5, 0.6) is 0 Å². The molecule has 0 radical (unpaired) electrons. The topological polar surface area (TPSA) is 54.5 Å². The van der Waals surface area contributed by atoms with E-state index in [2.05, 4.69) is 0 Å². The summed E-state index contributed by atoms with van der Waals surface area (Å²) in [6, 6.07) is 11.3. The van der Waals surface area contributed by atoms with Gasteiger partial charge in [0.25, 0.3) is 5.91 Å². The van der Waals surface area contributed by atoms with Crippen molar-refractivity contribution >= 4 is 15.7 Å². The lowest BCUT2D eigenvalue weighted by Crippen LogP contribution is -2.29. The molecule has 26 heavy (non-hydrogen) atoms. The maximum absolute atomic E-state index is 13.7. The van der Waals surface area contributed by atoms with Gasteiger partial charge in [-0.2, -0.15) is 0 Å². The molecule has 1 saturated heterocycles. The van der Waals surface area contributed by atoms with Gasteiger partial charge in [-0.15, -0.1) is 0 Å². The van der Waals surface area contributed by atoms with Crippen molar-refractivity contribution in [2.75, 3.05) is 19.3 Å². The van der Waals surface area contributed by atoms with Gasteiger partial charge in [0.1, 0.15) is 5.82 Å². The summed E-state index contributed by atoms with van der Waals surface area (Å²) in [5, 5.41) is 0. The van der Waals surface area contributed by atoms with E-state index in [4.69, 9.17) is 0 Å². The lowest BCUT2D eigenvalue weighted by Gasteiger charge is -2.17. The Bertz CT molecular complexity index is 923. The van der Waals surface area contributed by atoms with Crippen LogP contribution in [0.2, 0.25) is 0 Å². The maximum atomic E-state index is 13.7. The first-order valence-electron chi connectivity index (χ1n) is 8.58. The number of amides is 1. The quantitative estimate of drug-likeness (QED) is 0.824. The summed E-state index contributed by atoms with van der Waals surface area (Å²) in [6.07, 6.45) is 2.76. The van der Waals surface area contributed by atoms with E-state index < -0.39 is 9.84 Å². The van der Waals surface area contributed by atoms with E-state index in [1.54, 1.807) is 36.1 Å². The van der Waals surface area contributed by atoms with Crippen molar-refractivity contribution in [3.8, 4) is 0 Å². The molecule has 1 unspecified atom stereocenters. The van der Waals surface area contributed by atoms with Gasteiger partial charge in [-0.3, -0.25) is 4.79 Å². The number of hydrogen-bond donors (Lipinski definition) is 0. The van der Waals surface area contributed by atoms with Crippen LogP contribution < -0.4 is 0 Å². The van der Waals surface area contributed by atoms with Gasteiger partial charge in [0.2, 0.25) is 0 Å². The summed E-state index contributed by atoms with van der Waals surface area (Å²) in [5.41, 5.74) is 2.07. The Balaban J connectivity index is 1.64. The van der Waals surface area contributed by atoms with Crippen LogP contribution in [0.1, 0.15) is 27.9 Å². The van der Waals surface area contributed by atoms with Gasteiger partial charge in [0.05, 0.1) is 4.90 Å². The van der Waals surface area contributed by atoms with Crippen molar-refractivity contribution in [3.05, 3.63) is 65.0 Å². The van der Waals surface area contributed by atoms with Crippen molar-refractivity contribution in [1.29, 1.82) is 0 Å². The number of carbonyl (C=O) groups excluding carboxylic acids is 1. The number of carbonyl (C=O) groups is 1. The standard InChI is InChI=1S/C20H22FNO3S/c1-14-3-4-15(12-19(14)21)11-16-9-10-22(13-16)20(23)17-5-7-18(8-6-17)26(2,24)25/h3-8,12,16H,9-11,13H2,1-2H3. The molecule has 1 heterocycles. The molecule has 0 aromatic heterocycles. The Morgan fingerprint density at radius 1 is 1.19 bits per heavy atom. The van der Waals surface area contributed by atoms with Crippen molar-refractivity contribution in [3.63, 3.8) is 0 Å². The second-order valence-corrected chi connectivity index (χ2v) is 9.01. The maximum Gasteiger partial charge on any atom is 0.253 e. The molecule has 1 atom stereocenters. The monoisotopic (exact) mass is 375 g/mol. The highest BCUT2D eigenvalue weighted by Crippen LogP contribution is 2.24. The lowest BCUT2D eigenvalue weighted by atomic mass is 9.98. The molecule has 1 fully saturated rings. The van der Waals surface area contributed by atoms with Crippen LogP contribution in [0.15, 0.2) is 47.4 Å². The van der Waals surface area contributed by atoms with Crippen LogP contribution in [0.4, 0.5) is 4.39 Å². The lowest BCUT2D eigenvalue weighted by molar-refractivity contribution is 0.0787. The summed E-state index contributed by atoms with van der Waals surface area (Å²) >= 11 is 0. The van der Waals surface area contributed by atoms with E-state index >= 15 is 0 Å². The fourth-order valence-corrected chi connectivity index (χ4v) is 3.94. The zero-order chi connectivity index (χ0) is 18.9. The number of benzene rings is 2. The SMILES string of the molecule is Cc1ccc(CC2CCN(C(=O)c3ccc(S(C)(=O)=O)cc3)C2)cc1F. The number of sulfone groups is 1. The molecule has 4 nitrogen and oxygen atoms in total. The normalized spacial score (nSPS) is 17.5. The Morgan fingerprint density at radius 3 is 2.50 bits per heavy atom. The Labute approximate surface area is 153 Å². The second kappa shape index (κ2) is 7.19. The molecule has 0 aliphatic carbocycles. The van der Waals surface area contributed by atoms with Gasteiger partial charge in [-0.1, -0.05) is 12.1 Å². The molecule has 6 heteroatoms.